The van der Waals surface area contributed by atoms with E-state index in [1.807, 2.05) is 5.32 Å². The molecule has 1 N–H and O–H groups in total. The smallest absolute Gasteiger partial charge is 0.232 e. The highest BCUT2D eigenvalue weighted by Crippen LogP contribution is 2.09. The van der Waals surface area contributed by atoms with Gasteiger partial charge in [0.25, 0.3) is 0 Å². The molecule has 2 nitrogen and oxygen atoms in total. The number of hydrogen-bond donors (Lipinski definition) is 1. The minimum absolute atomic E-state index is 0.262. The summed E-state index contributed by atoms with van der Waals surface area (Å²) in [5.41, 5.74) is 0. The van der Waals surface area contributed by atoms with Crippen molar-refractivity contribution >= 4 is 5.91 Å². The zero-order chi connectivity index (χ0) is 6.15. The molecule has 0 saturated heterocycles. The maximum absolute atomic E-state index is 12.0. The largest absolute Gasteiger partial charge is 0.302 e. The first kappa shape index (κ1) is 5.28. The first-order chi connectivity index (χ1) is 3.70. The lowest BCUT2D eigenvalue weighted by Crippen LogP contribution is -2.17. The van der Waals surface area contributed by atoms with E-state index in [4.69, 9.17) is 0 Å². The standard InChI is InChI=1S/C5H6FNO/c1-3-2-4(6)7-5(3)8/h2-3H,1H3,(H,7,8). The highest BCUT2D eigenvalue weighted by atomic mass is 19.1. The van der Waals surface area contributed by atoms with E-state index in [0.717, 1.165) is 0 Å². The van der Waals surface area contributed by atoms with Gasteiger partial charge in [-0.2, -0.15) is 4.39 Å². The summed E-state index contributed by atoms with van der Waals surface area (Å²) < 4.78 is 12.0. The van der Waals surface area contributed by atoms with Crippen LogP contribution in [-0.2, 0) is 4.79 Å². The molecule has 3 heteroatoms. The Bertz CT molecular complexity index is 153. The van der Waals surface area contributed by atoms with Gasteiger partial charge in [-0.05, 0) is 13.0 Å². The molecule has 0 aliphatic carbocycles. The molecule has 0 spiro atoms. The lowest BCUT2D eigenvalue weighted by molar-refractivity contribution is -0.121. The normalized spacial score (nSPS) is 27.5. The second kappa shape index (κ2) is 1.58. The third-order valence-electron chi connectivity index (χ3n) is 1.05. The van der Waals surface area contributed by atoms with Gasteiger partial charge >= 0.3 is 0 Å². The first-order valence-electron chi connectivity index (χ1n) is 2.38. The van der Waals surface area contributed by atoms with Crippen LogP contribution in [0.2, 0.25) is 0 Å². The third kappa shape index (κ3) is 0.710. The van der Waals surface area contributed by atoms with Gasteiger partial charge < -0.3 is 5.32 Å². The molecule has 0 radical (unpaired) electrons. The second-order valence-corrected chi connectivity index (χ2v) is 1.79. The molecule has 1 atom stereocenters. The second-order valence-electron chi connectivity index (χ2n) is 1.79. The Balaban J connectivity index is 2.69. The van der Waals surface area contributed by atoms with E-state index >= 15 is 0 Å². The van der Waals surface area contributed by atoms with Crippen LogP contribution in [0.4, 0.5) is 4.39 Å². The van der Waals surface area contributed by atoms with Crippen molar-refractivity contribution < 1.29 is 9.18 Å². The molecule has 1 aliphatic rings. The number of carbonyl (C=O) groups excluding carboxylic acids is 1. The van der Waals surface area contributed by atoms with E-state index in [-0.39, 0.29) is 11.8 Å². The number of rotatable bonds is 0. The Morgan fingerprint density at radius 1 is 1.88 bits per heavy atom. The van der Waals surface area contributed by atoms with Crippen LogP contribution in [0, 0.1) is 5.92 Å². The summed E-state index contributed by atoms with van der Waals surface area (Å²) in [4.78, 5) is 10.4. The van der Waals surface area contributed by atoms with Crippen LogP contribution in [0.3, 0.4) is 0 Å². The zero-order valence-corrected chi connectivity index (χ0v) is 4.44. The van der Waals surface area contributed by atoms with E-state index in [9.17, 15) is 9.18 Å². The topological polar surface area (TPSA) is 29.1 Å². The van der Waals surface area contributed by atoms with Crippen molar-refractivity contribution in [1.29, 1.82) is 0 Å². The monoisotopic (exact) mass is 115 g/mol. The molecule has 1 heterocycles. The van der Waals surface area contributed by atoms with Crippen molar-refractivity contribution in [2.24, 2.45) is 5.92 Å². The number of halogens is 1. The van der Waals surface area contributed by atoms with Crippen molar-refractivity contribution in [2.45, 2.75) is 6.92 Å². The molecular formula is C5H6FNO. The van der Waals surface area contributed by atoms with Gasteiger partial charge in [0.15, 0.2) is 5.95 Å². The van der Waals surface area contributed by atoms with Crippen LogP contribution in [-0.4, -0.2) is 5.91 Å². The van der Waals surface area contributed by atoms with Crippen molar-refractivity contribution in [3.05, 3.63) is 12.0 Å². The summed E-state index contributed by atoms with van der Waals surface area (Å²) in [6.45, 7) is 1.64. The quantitative estimate of drug-likeness (QED) is 0.459. The Hall–Kier alpha value is -0.860. The average Bonchev–Trinajstić information content (AvgIpc) is 1.85. The van der Waals surface area contributed by atoms with Crippen LogP contribution in [0.5, 0.6) is 0 Å². The summed E-state index contributed by atoms with van der Waals surface area (Å²) in [7, 11) is 0. The SMILES string of the molecule is CC1C=C(F)NC1=O. The number of nitrogens with one attached hydrogen (secondary N) is 1. The lowest BCUT2D eigenvalue weighted by Gasteiger charge is -1.90. The highest BCUT2D eigenvalue weighted by molar-refractivity contribution is 5.84. The summed E-state index contributed by atoms with van der Waals surface area (Å²) >= 11 is 0. The number of amides is 1. The van der Waals surface area contributed by atoms with E-state index in [1.54, 1.807) is 6.92 Å². The van der Waals surface area contributed by atoms with Gasteiger partial charge in [0.1, 0.15) is 0 Å². The van der Waals surface area contributed by atoms with Gasteiger partial charge in [-0.25, -0.2) is 0 Å². The maximum Gasteiger partial charge on any atom is 0.232 e. The van der Waals surface area contributed by atoms with Crippen molar-refractivity contribution in [3.8, 4) is 0 Å². The summed E-state index contributed by atoms with van der Waals surface area (Å²) in [5, 5.41) is 2.02. The van der Waals surface area contributed by atoms with Gasteiger partial charge in [-0.15, -0.1) is 0 Å². The van der Waals surface area contributed by atoms with Gasteiger partial charge in [-0.3, -0.25) is 4.79 Å². The summed E-state index contributed by atoms with van der Waals surface area (Å²) in [5.74, 6) is -1.08. The molecule has 44 valence electrons. The minimum Gasteiger partial charge on any atom is -0.302 e. The van der Waals surface area contributed by atoms with E-state index in [1.165, 1.54) is 6.08 Å². The van der Waals surface area contributed by atoms with Crippen molar-refractivity contribution in [1.82, 2.24) is 5.32 Å². The number of hydrogen-bond acceptors (Lipinski definition) is 1. The molecule has 8 heavy (non-hydrogen) atoms. The Labute approximate surface area is 46.4 Å². The van der Waals surface area contributed by atoms with Gasteiger partial charge in [0.2, 0.25) is 5.91 Å². The fourth-order valence-electron chi connectivity index (χ4n) is 0.568. The molecular weight excluding hydrogens is 109 g/mol. The molecule has 1 rings (SSSR count). The summed E-state index contributed by atoms with van der Waals surface area (Å²) in [6, 6.07) is 0. The fourth-order valence-corrected chi connectivity index (χ4v) is 0.568. The first-order valence-corrected chi connectivity index (χ1v) is 2.38. The molecule has 0 aromatic heterocycles. The average molecular weight is 115 g/mol. The molecule has 0 bridgehead atoms. The fraction of sp³-hybridized carbons (Fsp3) is 0.400. The minimum atomic E-state index is -0.525. The predicted octanol–water partition coefficient (Wildman–Crippen LogP) is 0.563. The lowest BCUT2D eigenvalue weighted by atomic mass is 10.2. The molecule has 0 saturated carbocycles. The van der Waals surface area contributed by atoms with Gasteiger partial charge in [0.05, 0.1) is 5.92 Å². The Kier molecular flexibility index (Phi) is 1.04. The van der Waals surface area contributed by atoms with Gasteiger partial charge in [-0.1, -0.05) is 0 Å². The van der Waals surface area contributed by atoms with Crippen molar-refractivity contribution in [3.63, 3.8) is 0 Å². The Morgan fingerprint density at radius 2 is 2.50 bits per heavy atom. The summed E-state index contributed by atoms with van der Waals surface area (Å²) in [6.07, 6.45) is 1.25. The zero-order valence-electron chi connectivity index (χ0n) is 4.44. The molecule has 1 unspecified atom stereocenters. The Morgan fingerprint density at radius 3 is 2.62 bits per heavy atom. The molecule has 0 fully saturated rings. The van der Waals surface area contributed by atoms with Crippen molar-refractivity contribution in [2.75, 3.05) is 0 Å². The molecule has 1 amide bonds. The molecule has 1 aliphatic heterocycles. The van der Waals surface area contributed by atoms with Crippen LogP contribution < -0.4 is 5.32 Å². The molecule has 0 aromatic rings. The maximum atomic E-state index is 12.0. The van der Waals surface area contributed by atoms with Crippen LogP contribution in [0.1, 0.15) is 6.92 Å². The van der Waals surface area contributed by atoms with E-state index in [0.29, 0.717) is 0 Å². The van der Waals surface area contributed by atoms with Crippen LogP contribution in [0.15, 0.2) is 12.0 Å². The van der Waals surface area contributed by atoms with E-state index in [2.05, 4.69) is 0 Å². The van der Waals surface area contributed by atoms with Gasteiger partial charge in [0, 0.05) is 0 Å². The predicted molar refractivity (Wildman–Crippen MR) is 26.5 cm³/mol. The third-order valence-corrected chi connectivity index (χ3v) is 1.05. The van der Waals surface area contributed by atoms with Crippen LogP contribution >= 0.6 is 0 Å². The number of carbonyl (C=O) groups is 1. The highest BCUT2D eigenvalue weighted by Gasteiger charge is 2.18. The van der Waals surface area contributed by atoms with E-state index < -0.39 is 5.95 Å². The molecule has 0 aromatic carbocycles. The van der Waals surface area contributed by atoms with Crippen LogP contribution in [0.25, 0.3) is 0 Å².